The third-order valence-electron chi connectivity index (χ3n) is 3.45. The molecule has 6 heteroatoms. The predicted octanol–water partition coefficient (Wildman–Crippen LogP) is 2.19. The van der Waals surface area contributed by atoms with Gasteiger partial charge in [0.1, 0.15) is 5.75 Å². The van der Waals surface area contributed by atoms with E-state index in [9.17, 15) is 9.59 Å². The van der Waals surface area contributed by atoms with Gasteiger partial charge in [0.2, 0.25) is 6.10 Å². The molecule has 0 saturated carbocycles. The minimum atomic E-state index is -1.07. The Bertz CT molecular complexity index is 532. The second-order valence-corrected chi connectivity index (χ2v) is 5.08. The number of rotatable bonds is 4. The highest BCUT2D eigenvalue weighted by molar-refractivity contribution is 5.95. The summed E-state index contributed by atoms with van der Waals surface area (Å²) in [6, 6.07) is 6.79. The van der Waals surface area contributed by atoms with E-state index in [-0.39, 0.29) is 12.6 Å². The summed E-state index contributed by atoms with van der Waals surface area (Å²) in [5.74, 6) is -0.646. The first kappa shape index (κ1) is 15.2. The summed E-state index contributed by atoms with van der Waals surface area (Å²) in [5.41, 5.74) is 0.614. The number of anilines is 1. The summed E-state index contributed by atoms with van der Waals surface area (Å²) >= 11 is 0. The fraction of sp³-hybridized carbons (Fsp3) is 0.467. The highest BCUT2D eigenvalue weighted by Crippen LogP contribution is 2.33. The van der Waals surface area contributed by atoms with Crippen molar-refractivity contribution in [3.8, 4) is 5.75 Å². The number of carboxylic acids is 1. The summed E-state index contributed by atoms with van der Waals surface area (Å²) in [6.45, 7) is 2.72. The molecule has 1 atom stereocenters. The highest BCUT2D eigenvalue weighted by Gasteiger charge is 2.34. The molecule has 0 fully saturated rings. The van der Waals surface area contributed by atoms with Gasteiger partial charge in [-0.05, 0) is 18.6 Å². The number of benzene rings is 1. The molecule has 0 aromatic heterocycles. The van der Waals surface area contributed by atoms with Crippen LogP contribution in [0.5, 0.6) is 5.75 Å². The summed E-state index contributed by atoms with van der Waals surface area (Å²) in [7, 11) is 1.73. The van der Waals surface area contributed by atoms with Crippen molar-refractivity contribution in [2.24, 2.45) is 0 Å². The number of para-hydroxylation sites is 2. The number of carbonyl (C=O) groups is 2. The molecule has 1 N–H and O–H groups in total. The van der Waals surface area contributed by atoms with Crippen LogP contribution in [0.25, 0.3) is 0 Å². The topological polar surface area (TPSA) is 70.1 Å². The Morgan fingerprint density at radius 2 is 2.14 bits per heavy atom. The number of amides is 2. The Labute approximate surface area is 123 Å². The van der Waals surface area contributed by atoms with Gasteiger partial charge >= 0.3 is 12.0 Å². The molecule has 1 aliphatic heterocycles. The van der Waals surface area contributed by atoms with Crippen molar-refractivity contribution < 1.29 is 19.4 Å². The molecule has 0 saturated heterocycles. The Kier molecular flexibility index (Phi) is 4.67. The van der Waals surface area contributed by atoms with E-state index in [1.54, 1.807) is 36.2 Å². The lowest BCUT2D eigenvalue weighted by Gasteiger charge is -2.35. The smallest absolute Gasteiger partial charge is 0.346 e. The Hall–Kier alpha value is -2.24. The summed E-state index contributed by atoms with van der Waals surface area (Å²) < 4.78 is 5.42. The molecule has 0 aliphatic carbocycles. The number of ether oxygens (including phenoxy) is 1. The average Bonchev–Trinajstić information content (AvgIpc) is 2.50. The molecular formula is C15H20N2O4. The van der Waals surface area contributed by atoms with Crippen LogP contribution < -0.4 is 9.64 Å². The fourth-order valence-corrected chi connectivity index (χ4v) is 2.24. The molecule has 1 heterocycles. The average molecular weight is 292 g/mol. The molecule has 114 valence electrons. The lowest BCUT2D eigenvalue weighted by molar-refractivity contribution is -0.144. The first-order chi connectivity index (χ1) is 10.0. The second kappa shape index (κ2) is 6.47. The Morgan fingerprint density at radius 3 is 2.81 bits per heavy atom. The van der Waals surface area contributed by atoms with E-state index in [0.717, 1.165) is 12.8 Å². The maximum atomic E-state index is 12.5. The molecule has 2 rings (SSSR count). The number of carbonyl (C=O) groups excluding carboxylic acids is 1. The van der Waals surface area contributed by atoms with Gasteiger partial charge in [0.15, 0.2) is 0 Å². The van der Waals surface area contributed by atoms with Crippen LogP contribution in [-0.4, -0.2) is 48.2 Å². The summed E-state index contributed by atoms with van der Waals surface area (Å²) in [5, 5.41) is 9.17. The van der Waals surface area contributed by atoms with Gasteiger partial charge < -0.3 is 14.7 Å². The van der Waals surface area contributed by atoms with E-state index >= 15 is 0 Å². The van der Waals surface area contributed by atoms with Crippen LogP contribution in [0, 0.1) is 0 Å². The van der Waals surface area contributed by atoms with Crippen LogP contribution in [0.1, 0.15) is 19.8 Å². The van der Waals surface area contributed by atoms with E-state index in [1.807, 2.05) is 0 Å². The number of aliphatic carboxylic acids is 1. The number of unbranched alkanes of at least 4 members (excludes halogenated alkanes) is 1. The molecule has 2 amide bonds. The van der Waals surface area contributed by atoms with Crippen molar-refractivity contribution in [3.63, 3.8) is 0 Å². The maximum Gasteiger partial charge on any atom is 0.346 e. The second-order valence-electron chi connectivity index (χ2n) is 5.08. The summed E-state index contributed by atoms with van der Waals surface area (Å²) in [6.07, 6.45) is 0.870. The van der Waals surface area contributed by atoms with Gasteiger partial charge in [0.25, 0.3) is 0 Å². The van der Waals surface area contributed by atoms with E-state index in [0.29, 0.717) is 18.0 Å². The van der Waals surface area contributed by atoms with E-state index < -0.39 is 12.1 Å². The first-order valence-electron chi connectivity index (χ1n) is 7.05. The van der Waals surface area contributed by atoms with Gasteiger partial charge in [-0.3, -0.25) is 4.90 Å². The summed E-state index contributed by atoms with van der Waals surface area (Å²) in [4.78, 5) is 26.8. The monoisotopic (exact) mass is 292 g/mol. The molecule has 6 nitrogen and oxygen atoms in total. The molecular weight excluding hydrogens is 272 g/mol. The minimum absolute atomic E-state index is 0.0155. The molecule has 0 radical (unpaired) electrons. The minimum Gasteiger partial charge on any atom is -0.478 e. The number of nitrogens with zero attached hydrogens (tertiary/aromatic N) is 2. The molecule has 0 spiro atoms. The zero-order valence-electron chi connectivity index (χ0n) is 12.3. The SMILES string of the molecule is CCCCN(C)C(=O)N1CC(C(=O)O)Oc2ccccc21. The van der Waals surface area contributed by atoms with Crippen molar-refractivity contribution in [2.75, 3.05) is 25.0 Å². The van der Waals surface area contributed by atoms with Crippen LogP contribution in [0.2, 0.25) is 0 Å². The van der Waals surface area contributed by atoms with Crippen molar-refractivity contribution in [1.82, 2.24) is 4.90 Å². The largest absolute Gasteiger partial charge is 0.478 e. The molecule has 21 heavy (non-hydrogen) atoms. The van der Waals surface area contributed by atoms with E-state index in [1.165, 1.54) is 4.90 Å². The molecule has 1 aromatic carbocycles. The van der Waals surface area contributed by atoms with Gasteiger partial charge in [-0.25, -0.2) is 9.59 Å². The van der Waals surface area contributed by atoms with Crippen LogP contribution >= 0.6 is 0 Å². The third-order valence-corrected chi connectivity index (χ3v) is 3.45. The van der Waals surface area contributed by atoms with Gasteiger partial charge in [0, 0.05) is 13.6 Å². The van der Waals surface area contributed by atoms with Crippen molar-refractivity contribution in [3.05, 3.63) is 24.3 Å². The normalized spacial score (nSPS) is 16.9. The van der Waals surface area contributed by atoms with Crippen LogP contribution in [-0.2, 0) is 4.79 Å². The van der Waals surface area contributed by atoms with Crippen LogP contribution in [0.3, 0.4) is 0 Å². The van der Waals surface area contributed by atoms with E-state index in [2.05, 4.69) is 6.92 Å². The van der Waals surface area contributed by atoms with Crippen LogP contribution in [0.4, 0.5) is 10.5 Å². The molecule has 1 aliphatic rings. The maximum absolute atomic E-state index is 12.5. The lowest BCUT2D eigenvalue weighted by Crippen LogP contribution is -2.51. The van der Waals surface area contributed by atoms with E-state index in [4.69, 9.17) is 9.84 Å². The van der Waals surface area contributed by atoms with Crippen LogP contribution in [0.15, 0.2) is 24.3 Å². The van der Waals surface area contributed by atoms with Gasteiger partial charge in [-0.15, -0.1) is 0 Å². The highest BCUT2D eigenvalue weighted by atomic mass is 16.5. The first-order valence-corrected chi connectivity index (χ1v) is 7.05. The fourth-order valence-electron chi connectivity index (χ4n) is 2.24. The quantitative estimate of drug-likeness (QED) is 0.923. The van der Waals surface area contributed by atoms with Gasteiger partial charge in [-0.2, -0.15) is 0 Å². The van der Waals surface area contributed by atoms with Crippen molar-refractivity contribution in [1.29, 1.82) is 0 Å². The zero-order chi connectivity index (χ0) is 15.4. The van der Waals surface area contributed by atoms with Crippen molar-refractivity contribution in [2.45, 2.75) is 25.9 Å². The number of hydrogen-bond donors (Lipinski definition) is 1. The Balaban J connectivity index is 2.24. The lowest BCUT2D eigenvalue weighted by atomic mass is 10.2. The number of hydrogen-bond acceptors (Lipinski definition) is 3. The zero-order valence-corrected chi connectivity index (χ0v) is 12.3. The molecule has 1 unspecified atom stereocenters. The predicted molar refractivity (Wildman–Crippen MR) is 78.8 cm³/mol. The van der Waals surface area contributed by atoms with Gasteiger partial charge in [0.05, 0.1) is 12.2 Å². The number of urea groups is 1. The number of carboxylic acid groups (broad SMARTS) is 1. The standard InChI is InChI=1S/C15H20N2O4/c1-3-4-9-16(2)15(20)17-10-13(14(18)19)21-12-8-6-5-7-11(12)17/h5-8,13H,3-4,9-10H2,1-2H3,(H,18,19). The van der Waals surface area contributed by atoms with Gasteiger partial charge in [-0.1, -0.05) is 25.5 Å². The Morgan fingerprint density at radius 1 is 1.43 bits per heavy atom. The molecule has 1 aromatic rings. The van der Waals surface area contributed by atoms with Crippen molar-refractivity contribution >= 4 is 17.7 Å². The third kappa shape index (κ3) is 3.26. The number of fused-ring (bicyclic) bond motifs is 1. The molecule has 0 bridgehead atoms.